The van der Waals surface area contributed by atoms with E-state index in [-0.39, 0.29) is 0 Å². The van der Waals surface area contributed by atoms with Crippen molar-refractivity contribution in [2.24, 2.45) is 0 Å². The maximum absolute atomic E-state index is 5.84. The van der Waals surface area contributed by atoms with Gasteiger partial charge in [0, 0.05) is 0 Å². The van der Waals surface area contributed by atoms with Crippen LogP contribution in [0.15, 0.2) is 12.0 Å². The first kappa shape index (κ1) is 14.6. The molecule has 0 heterocycles. The zero-order valence-corrected chi connectivity index (χ0v) is 11.9. The van der Waals surface area contributed by atoms with Crippen LogP contribution in [0.2, 0.25) is 19.6 Å². The number of allylic oxidation sites excluding steroid dienone is 1. The summed E-state index contributed by atoms with van der Waals surface area (Å²) in [5.41, 5.74) is 0. The summed E-state index contributed by atoms with van der Waals surface area (Å²) in [6, 6.07) is 0. The second-order valence-corrected chi connectivity index (χ2v) is 9.10. The minimum absolute atomic E-state index is 0.685. The van der Waals surface area contributed by atoms with Gasteiger partial charge in [0.05, 0.1) is 6.61 Å². The Kier molecular flexibility index (Phi) is 7.57. The summed E-state index contributed by atoms with van der Waals surface area (Å²) in [4.78, 5) is 0. The second-order valence-electron chi connectivity index (χ2n) is 4.67. The molecule has 0 spiro atoms. The van der Waals surface area contributed by atoms with Gasteiger partial charge in [-0.3, -0.25) is 0 Å². The van der Waals surface area contributed by atoms with Gasteiger partial charge in [0.15, 0.2) is 0 Å². The summed E-state index contributed by atoms with van der Waals surface area (Å²) in [6.07, 6.45) is 6.92. The van der Waals surface area contributed by atoms with Crippen molar-refractivity contribution in [3.05, 3.63) is 12.0 Å². The topological polar surface area (TPSA) is 18.5 Å². The third-order valence-electron chi connectivity index (χ3n) is 1.81. The largest absolute Gasteiger partial charge is 0.520 e. The Hall–Kier alpha value is -0.443. The van der Waals surface area contributed by atoms with Crippen LogP contribution in [0.25, 0.3) is 0 Å². The van der Waals surface area contributed by atoms with Gasteiger partial charge in [-0.25, -0.2) is 0 Å². The van der Waals surface area contributed by atoms with Crippen molar-refractivity contribution >= 4 is 8.32 Å². The van der Waals surface area contributed by atoms with Crippen molar-refractivity contribution in [1.29, 1.82) is 0 Å². The Morgan fingerprint density at radius 3 is 2.27 bits per heavy atom. The Labute approximate surface area is 95.8 Å². The van der Waals surface area contributed by atoms with E-state index in [1.165, 1.54) is 19.3 Å². The molecule has 0 rings (SSSR count). The van der Waals surface area contributed by atoms with Gasteiger partial charge in [-0.15, -0.1) is 0 Å². The van der Waals surface area contributed by atoms with Gasteiger partial charge in [-0.05, 0) is 45.5 Å². The molecule has 0 unspecified atom stereocenters. The van der Waals surface area contributed by atoms with Crippen LogP contribution >= 0.6 is 0 Å². The van der Waals surface area contributed by atoms with E-state index in [2.05, 4.69) is 32.6 Å². The van der Waals surface area contributed by atoms with Crippen molar-refractivity contribution in [1.82, 2.24) is 0 Å². The van der Waals surface area contributed by atoms with Crippen LogP contribution in [0.1, 0.15) is 39.5 Å². The Bertz CT molecular complexity index is 183. The van der Waals surface area contributed by atoms with E-state index in [0.29, 0.717) is 6.61 Å². The summed E-state index contributed by atoms with van der Waals surface area (Å²) in [6.45, 7) is 11.4. The molecule has 0 saturated heterocycles. The summed E-state index contributed by atoms with van der Waals surface area (Å²) in [7, 11) is -1.52. The van der Waals surface area contributed by atoms with Crippen molar-refractivity contribution in [2.45, 2.75) is 59.2 Å². The number of unbranched alkanes of at least 4 members (excludes halogenated alkanes) is 3. The van der Waals surface area contributed by atoms with Crippen LogP contribution < -0.4 is 0 Å². The predicted octanol–water partition coefficient (Wildman–Crippen LogP) is 4.30. The molecule has 0 aromatic rings. The number of rotatable bonds is 8. The summed E-state index contributed by atoms with van der Waals surface area (Å²) >= 11 is 0. The lowest BCUT2D eigenvalue weighted by atomic mass is 10.2. The van der Waals surface area contributed by atoms with Crippen LogP contribution in [-0.4, -0.2) is 14.9 Å². The van der Waals surface area contributed by atoms with E-state index in [9.17, 15) is 0 Å². The fourth-order valence-corrected chi connectivity index (χ4v) is 1.93. The third kappa shape index (κ3) is 9.85. The SMILES string of the molecule is CCCCC/C=C(\OCC)O[Si](C)(C)C. The molecule has 0 radical (unpaired) electrons. The minimum Gasteiger partial charge on any atom is -0.520 e. The lowest BCUT2D eigenvalue weighted by molar-refractivity contribution is 0.111. The molecule has 0 aliphatic heterocycles. The Morgan fingerprint density at radius 1 is 1.13 bits per heavy atom. The molecule has 0 aliphatic carbocycles. The van der Waals surface area contributed by atoms with Gasteiger partial charge < -0.3 is 9.16 Å². The average Bonchev–Trinajstić information content (AvgIpc) is 2.10. The lowest BCUT2D eigenvalue weighted by Crippen LogP contribution is -2.25. The molecule has 0 atom stereocenters. The van der Waals surface area contributed by atoms with Crippen molar-refractivity contribution < 1.29 is 9.16 Å². The van der Waals surface area contributed by atoms with Gasteiger partial charge >= 0.3 is 0 Å². The highest BCUT2D eigenvalue weighted by Gasteiger charge is 2.18. The van der Waals surface area contributed by atoms with Crippen LogP contribution in [0, 0.1) is 0 Å². The maximum Gasteiger partial charge on any atom is 0.261 e. The lowest BCUT2D eigenvalue weighted by Gasteiger charge is -2.21. The van der Waals surface area contributed by atoms with Crippen molar-refractivity contribution in [3.63, 3.8) is 0 Å². The normalized spacial score (nSPS) is 12.7. The first-order chi connectivity index (χ1) is 6.99. The van der Waals surface area contributed by atoms with Crippen molar-refractivity contribution in [3.8, 4) is 0 Å². The molecule has 0 saturated carbocycles. The molecule has 2 nitrogen and oxygen atoms in total. The molecule has 90 valence electrons. The van der Waals surface area contributed by atoms with Gasteiger partial charge in [0.1, 0.15) is 0 Å². The van der Waals surface area contributed by atoms with E-state index in [1.54, 1.807) is 0 Å². The molecular formula is C12H26O2Si. The monoisotopic (exact) mass is 230 g/mol. The fourth-order valence-electron chi connectivity index (χ4n) is 1.19. The fraction of sp³-hybridized carbons (Fsp3) is 0.833. The highest BCUT2D eigenvalue weighted by Crippen LogP contribution is 2.13. The molecule has 0 bridgehead atoms. The quantitative estimate of drug-likeness (QED) is 0.352. The van der Waals surface area contributed by atoms with Crippen LogP contribution in [-0.2, 0) is 9.16 Å². The highest BCUT2D eigenvalue weighted by atomic mass is 28.4. The minimum atomic E-state index is -1.52. The predicted molar refractivity (Wildman–Crippen MR) is 68.3 cm³/mol. The van der Waals surface area contributed by atoms with E-state index < -0.39 is 8.32 Å². The van der Waals surface area contributed by atoms with Gasteiger partial charge in [0.25, 0.3) is 5.95 Å². The molecule has 15 heavy (non-hydrogen) atoms. The molecule has 0 aromatic heterocycles. The molecule has 0 aromatic carbocycles. The standard InChI is InChI=1S/C12H26O2Si/c1-6-8-9-10-11-12(13-7-2)14-15(3,4)5/h11H,6-10H2,1-5H3/b12-11+. The number of hydrogen-bond donors (Lipinski definition) is 0. The molecular weight excluding hydrogens is 204 g/mol. The Balaban J connectivity index is 4.01. The zero-order valence-electron chi connectivity index (χ0n) is 10.9. The summed E-state index contributed by atoms with van der Waals surface area (Å²) in [5.74, 6) is 0.743. The van der Waals surface area contributed by atoms with Crippen LogP contribution in [0.4, 0.5) is 0 Å². The Morgan fingerprint density at radius 2 is 1.80 bits per heavy atom. The van der Waals surface area contributed by atoms with Gasteiger partial charge in [-0.2, -0.15) is 0 Å². The molecule has 0 aliphatic rings. The maximum atomic E-state index is 5.84. The van der Waals surface area contributed by atoms with E-state index >= 15 is 0 Å². The van der Waals surface area contributed by atoms with E-state index in [4.69, 9.17) is 9.16 Å². The number of hydrogen-bond acceptors (Lipinski definition) is 2. The molecule has 0 N–H and O–H groups in total. The zero-order chi connectivity index (χ0) is 11.7. The first-order valence-corrected chi connectivity index (χ1v) is 9.42. The van der Waals surface area contributed by atoms with Crippen LogP contribution in [0.3, 0.4) is 0 Å². The van der Waals surface area contributed by atoms with Crippen molar-refractivity contribution in [2.75, 3.05) is 6.61 Å². The third-order valence-corrected chi connectivity index (χ3v) is 2.63. The smallest absolute Gasteiger partial charge is 0.261 e. The molecule has 0 amide bonds. The summed E-state index contributed by atoms with van der Waals surface area (Å²) < 4.78 is 11.3. The number of ether oxygens (including phenoxy) is 1. The van der Waals surface area contributed by atoms with Crippen LogP contribution in [0.5, 0.6) is 0 Å². The second kappa shape index (κ2) is 7.80. The molecule has 3 heteroatoms. The van der Waals surface area contributed by atoms with E-state index in [0.717, 1.165) is 12.4 Å². The van der Waals surface area contributed by atoms with Gasteiger partial charge in [0.2, 0.25) is 8.32 Å². The first-order valence-electron chi connectivity index (χ1n) is 6.01. The average molecular weight is 230 g/mol. The van der Waals surface area contributed by atoms with E-state index in [1.807, 2.05) is 6.92 Å². The summed E-state index contributed by atoms with van der Waals surface area (Å²) in [5, 5.41) is 0. The molecule has 0 fully saturated rings. The van der Waals surface area contributed by atoms with Gasteiger partial charge in [-0.1, -0.05) is 19.8 Å². The highest BCUT2D eigenvalue weighted by molar-refractivity contribution is 6.69.